The Morgan fingerprint density at radius 2 is 0.770 bits per heavy atom. The van der Waals surface area contributed by atoms with E-state index in [2.05, 4.69) is 84.8 Å². The van der Waals surface area contributed by atoms with Gasteiger partial charge in [0.25, 0.3) is 12.2 Å². The minimum absolute atomic E-state index is 0. The summed E-state index contributed by atoms with van der Waals surface area (Å²) in [6.07, 6.45) is -8.94. The molecule has 0 unspecified atom stereocenters. The van der Waals surface area contributed by atoms with Crippen molar-refractivity contribution in [2.45, 2.75) is 26.2 Å². The molecular formula is C62H43F6Ir2K2N12O3-7. The van der Waals surface area contributed by atoms with Gasteiger partial charge in [0.15, 0.2) is 0 Å². The fraction of sp³-hybridized carbons (Fsp3) is 0.0806. The van der Waals surface area contributed by atoms with Gasteiger partial charge in [0, 0.05) is 80.4 Å². The number of hydrogen-bond donors (Lipinski definition) is 0. The van der Waals surface area contributed by atoms with E-state index in [1.807, 2.05) is 147 Å². The first kappa shape index (κ1) is 73.4. The first-order valence-electron chi connectivity index (χ1n) is 24.7. The first-order valence-corrected chi connectivity index (χ1v) is 24.7. The van der Waals surface area contributed by atoms with E-state index in [4.69, 9.17) is 10.1 Å². The Bertz CT molecular complexity index is 3880. The van der Waals surface area contributed by atoms with Crippen LogP contribution in [0, 0.1) is 38.1 Å². The number of aromatic nitrogens is 12. The second kappa shape index (κ2) is 35.8. The Balaban J connectivity index is 0.000000296. The molecule has 2 radical (unpaired) electrons. The number of benzene rings is 4. The largest absolute Gasteiger partial charge is 1.00 e. The molecule has 12 aromatic rings. The van der Waals surface area contributed by atoms with Crippen molar-refractivity contribution in [2.75, 3.05) is 0 Å². The minimum atomic E-state index is -4.50. The predicted octanol–water partition coefficient (Wildman–Crippen LogP) is 4.91. The number of alkyl halides is 6. The molecule has 0 aliphatic carbocycles. The maximum absolute atomic E-state index is 12.8. The summed E-state index contributed by atoms with van der Waals surface area (Å²) in [5, 5.41) is 35.2. The van der Waals surface area contributed by atoms with Gasteiger partial charge < -0.3 is 47.3 Å². The number of aryl methyl sites for hydroxylation is 3. The molecule has 4 aromatic carbocycles. The SMILES string of the molecule is C[n+]1[n-]c(-c2cccc(-c3[c-]cccc3)n2)cc1C(F)(F)F.Cc1cc(-c2cccc(-c3[c-]cccc3)n2)[n-]n1.Cc1cc(-c2cccc(-c3[c-]cccc3)n2)[n-]n1.FC(F)(F)c1cc(-c2cccc(-c3[c-]cccc3)n2)[n-]n1.O=CO[O-].[H-].[Ir].[Ir].[K+].[K+]. The van der Waals surface area contributed by atoms with Crippen molar-refractivity contribution in [1.82, 2.24) is 55.6 Å². The van der Waals surface area contributed by atoms with Crippen molar-refractivity contribution in [1.29, 1.82) is 0 Å². The van der Waals surface area contributed by atoms with Gasteiger partial charge in [-0.2, -0.15) is 26.3 Å². The van der Waals surface area contributed by atoms with Gasteiger partial charge in [0.1, 0.15) is 12.7 Å². The van der Waals surface area contributed by atoms with E-state index >= 15 is 0 Å². The molecule has 0 N–H and O–H groups in total. The Morgan fingerprint density at radius 1 is 0.460 bits per heavy atom. The van der Waals surface area contributed by atoms with Crippen LogP contribution in [-0.4, -0.2) is 41.7 Å². The molecular weight excluding hydrogens is 1540 g/mol. The number of nitrogens with zero attached hydrogens (tertiary/aromatic N) is 12. The van der Waals surface area contributed by atoms with Crippen molar-refractivity contribution in [2.24, 2.45) is 7.05 Å². The van der Waals surface area contributed by atoms with Gasteiger partial charge in [-0.3, -0.25) is 29.4 Å². The monoisotopic (exact) mass is 1580 g/mol. The van der Waals surface area contributed by atoms with Crippen molar-refractivity contribution in [3.63, 3.8) is 0 Å². The van der Waals surface area contributed by atoms with E-state index < -0.39 is 23.7 Å². The van der Waals surface area contributed by atoms with Crippen LogP contribution >= 0.6 is 0 Å². The Kier molecular flexibility index (Phi) is 30.2. The maximum Gasteiger partial charge on any atom is 1.00 e. The van der Waals surface area contributed by atoms with Gasteiger partial charge in [-0.25, -0.2) is 0 Å². The van der Waals surface area contributed by atoms with Gasteiger partial charge in [0.05, 0.1) is 0 Å². The van der Waals surface area contributed by atoms with Crippen LogP contribution in [0.25, 0.3) is 90.6 Å². The topological polar surface area (TPSA) is 200 Å². The molecule has 87 heavy (non-hydrogen) atoms. The summed E-state index contributed by atoms with van der Waals surface area (Å²) >= 11 is 0. The van der Waals surface area contributed by atoms with Crippen LogP contribution in [0.4, 0.5) is 26.3 Å². The van der Waals surface area contributed by atoms with Crippen LogP contribution in [0.1, 0.15) is 24.2 Å². The molecule has 0 bridgehead atoms. The van der Waals surface area contributed by atoms with E-state index in [9.17, 15) is 26.3 Å². The van der Waals surface area contributed by atoms with E-state index in [1.54, 1.807) is 48.5 Å². The van der Waals surface area contributed by atoms with Crippen LogP contribution in [0.15, 0.2) is 194 Å². The van der Waals surface area contributed by atoms with Gasteiger partial charge in [-0.1, -0.05) is 83.4 Å². The number of hydrogen-bond acceptors (Lipinski definition) is 10. The summed E-state index contributed by atoms with van der Waals surface area (Å²) in [6.45, 7) is 3.66. The molecule has 438 valence electrons. The number of halogens is 6. The fourth-order valence-electron chi connectivity index (χ4n) is 7.56. The number of pyridine rings is 4. The third kappa shape index (κ3) is 21.6. The minimum Gasteiger partial charge on any atom is -1.00 e. The summed E-state index contributed by atoms with van der Waals surface area (Å²) in [5.74, 6) is 0. The molecule has 0 amide bonds. The summed E-state index contributed by atoms with van der Waals surface area (Å²) in [6, 6.07) is 70.2. The second-order valence-electron chi connectivity index (χ2n) is 17.3. The summed E-state index contributed by atoms with van der Waals surface area (Å²) in [5.41, 5.74) is 10.8. The van der Waals surface area contributed by atoms with Crippen molar-refractivity contribution >= 4 is 6.47 Å². The van der Waals surface area contributed by atoms with Gasteiger partial charge in [0.2, 0.25) is 0 Å². The zero-order valence-corrected chi connectivity index (χ0v) is 57.6. The number of carbonyl (C=O) groups excluding carboxylic acids is 1. The quantitative estimate of drug-likeness (QED) is 0.0359. The van der Waals surface area contributed by atoms with Crippen molar-refractivity contribution in [3.05, 3.63) is 241 Å². The van der Waals surface area contributed by atoms with E-state index in [0.717, 1.165) is 84.6 Å². The van der Waals surface area contributed by atoms with E-state index in [-0.39, 0.29) is 162 Å². The van der Waals surface area contributed by atoms with Crippen LogP contribution in [0.2, 0.25) is 0 Å². The zero-order chi connectivity index (χ0) is 58.8. The Hall–Kier alpha value is -6.10. The third-order valence-electron chi connectivity index (χ3n) is 11.3. The smallest absolute Gasteiger partial charge is 1.00 e. The van der Waals surface area contributed by atoms with Crippen molar-refractivity contribution in [3.8, 4) is 90.6 Å². The van der Waals surface area contributed by atoms with Crippen LogP contribution in [0.3, 0.4) is 0 Å². The zero-order valence-electron chi connectivity index (χ0n) is 47.6. The van der Waals surface area contributed by atoms with E-state index in [1.165, 1.54) is 7.05 Å². The molecule has 0 atom stereocenters. The summed E-state index contributed by atoms with van der Waals surface area (Å²) in [7, 11) is 1.27. The Labute approximate surface area is 609 Å². The standard InChI is InChI=1S/C16H11F3N3.C15H8F3N3.2C15H11N3.CH2O3.2Ir.2K.H/c1-22-15(16(17,18)19)10-14(21-22)13-9-5-8-12(20-13)11-6-3-2-4-7-11;16-15(17,18)14-9-13(20-21-14)12-8-4-7-11(19-12)10-5-2-1-3-6-10;2*1-11-10-15(18-17-11)14-9-5-8-13(16-14)12-6-3-2-4-7-12;2-1-4-3;;;;;/h2-6,8-10H,1H3;1-5,7-9H;2*2-6,8-10H,1H3;1,3H;;;;;/q-1;3*-2;;;;2*+1;-1/p-1. The average molecular weight is 1580 g/mol. The first-order chi connectivity index (χ1) is 40.1. The number of rotatable bonds is 9. The second-order valence-corrected chi connectivity index (χ2v) is 17.3. The Morgan fingerprint density at radius 3 is 1.02 bits per heavy atom. The van der Waals surface area contributed by atoms with Crippen LogP contribution < -0.4 is 133 Å². The summed E-state index contributed by atoms with van der Waals surface area (Å²) in [4.78, 5) is 29.1. The molecule has 8 heterocycles. The van der Waals surface area contributed by atoms with Crippen molar-refractivity contribution < 1.29 is 190 Å². The molecule has 0 fully saturated rings. The molecule has 0 aliphatic heterocycles. The molecule has 15 nitrogen and oxygen atoms in total. The molecule has 0 aliphatic rings. The fourth-order valence-corrected chi connectivity index (χ4v) is 7.56. The van der Waals surface area contributed by atoms with Crippen LogP contribution in [0.5, 0.6) is 0 Å². The number of carbonyl (C=O) groups is 1. The molecule has 0 saturated heterocycles. The van der Waals surface area contributed by atoms with E-state index in [0.29, 0.717) is 22.8 Å². The molecule has 0 saturated carbocycles. The third-order valence-corrected chi connectivity index (χ3v) is 11.3. The average Bonchev–Trinajstić information content (AvgIpc) is 2.22. The predicted molar refractivity (Wildman–Crippen MR) is 291 cm³/mol. The normalized spacial score (nSPS) is 10.3. The van der Waals surface area contributed by atoms with Gasteiger partial charge in [-0.15, -0.1) is 144 Å². The molecule has 12 rings (SSSR count). The summed E-state index contributed by atoms with van der Waals surface area (Å²) < 4.78 is 76.9. The molecule has 8 aromatic heterocycles. The van der Waals surface area contributed by atoms with Crippen LogP contribution in [-0.2, 0) is 69.3 Å². The van der Waals surface area contributed by atoms with Gasteiger partial charge >= 0.3 is 115 Å². The molecule has 0 spiro atoms. The maximum atomic E-state index is 12.8. The van der Waals surface area contributed by atoms with Gasteiger partial charge in [-0.05, 0) is 67.0 Å². The molecule has 25 heteroatoms.